The number of H-pyrrole nitrogens is 1. The van der Waals surface area contributed by atoms with E-state index < -0.39 is 0 Å². The van der Waals surface area contributed by atoms with Crippen LogP contribution in [0.5, 0.6) is 0 Å². The molecule has 1 saturated carbocycles. The van der Waals surface area contributed by atoms with E-state index in [0.717, 1.165) is 39.7 Å². The molecule has 3 rings (SSSR count). The van der Waals surface area contributed by atoms with Crippen LogP contribution in [0.4, 0.5) is 0 Å². The molecule has 2 heterocycles. The number of nitrogens with zero attached hydrogens (tertiary/aromatic N) is 1. The minimum absolute atomic E-state index is 0.342. The van der Waals surface area contributed by atoms with Crippen molar-refractivity contribution < 1.29 is 14.3 Å². The quantitative estimate of drug-likeness (QED) is 0.109. The van der Waals surface area contributed by atoms with Crippen molar-refractivity contribution in [2.45, 2.75) is 99.5 Å². The predicted molar refractivity (Wildman–Crippen MR) is 173 cm³/mol. The smallest absolute Gasteiger partial charge is 0.211 e. The summed E-state index contributed by atoms with van der Waals surface area (Å²) in [5.74, 6) is 0. The number of carbonyl (C=O) groups excluding carboxylic acids is 2. The standard InChI is InChI=1S/C19H19N3O2S.C9H18O.C3H8.C2H6/c1-4-5-6-16-14(3)21-9-17(16)18-11-25-19(22-18)13(2)7-15(10-23)8-20-12-24;1-3-5-8-10-9(4-2)6-7-9;1-3-2;1-2/h4-12,21H,1H2,2-3H3,(H,20,24);3-8H2,1-2H3;3H2,1-2H3;1-2H3/b6-5-,13-7+,15-8+;;;. The normalized spacial score (nSPS) is 13.6. The van der Waals surface area contributed by atoms with Crippen molar-refractivity contribution in [1.82, 2.24) is 15.3 Å². The Morgan fingerprint density at radius 2 is 1.90 bits per heavy atom. The lowest BCUT2D eigenvalue weighted by Crippen LogP contribution is -2.12. The SMILES string of the molecule is C=C/C=C\c1c(-c2csc(/C(C)=C/C(C=O)=C\NC=O)n2)c[nH]c1C.CC.CCC.CCCCOC1(CC)CC1. The zero-order valence-corrected chi connectivity index (χ0v) is 26.7. The van der Waals surface area contributed by atoms with Crippen LogP contribution in [0.3, 0.4) is 0 Å². The number of nitrogens with one attached hydrogen (secondary N) is 2. The van der Waals surface area contributed by atoms with E-state index in [0.29, 0.717) is 23.9 Å². The Morgan fingerprint density at radius 3 is 2.42 bits per heavy atom. The number of hydrogen-bond donors (Lipinski definition) is 2. The molecule has 2 N–H and O–H groups in total. The largest absolute Gasteiger partial charge is 0.375 e. The summed E-state index contributed by atoms with van der Waals surface area (Å²) < 4.78 is 5.73. The van der Waals surface area contributed by atoms with Gasteiger partial charge in [-0.05, 0) is 51.2 Å². The molecule has 7 heteroatoms. The second-order valence-corrected chi connectivity index (χ2v) is 10.1. The lowest BCUT2D eigenvalue weighted by atomic mass is 10.1. The highest BCUT2D eigenvalue weighted by Gasteiger charge is 2.41. The number of aromatic nitrogens is 2. The number of aryl methyl sites for hydroxylation is 1. The number of carbonyl (C=O) groups is 2. The van der Waals surface area contributed by atoms with Crippen LogP contribution in [0.1, 0.15) is 103 Å². The zero-order valence-electron chi connectivity index (χ0n) is 25.9. The molecule has 0 aliphatic heterocycles. The Hall–Kier alpha value is -3.03. The highest BCUT2D eigenvalue weighted by Crippen LogP contribution is 2.42. The first-order valence-corrected chi connectivity index (χ1v) is 15.3. The minimum Gasteiger partial charge on any atom is -0.375 e. The zero-order chi connectivity index (χ0) is 30.4. The maximum Gasteiger partial charge on any atom is 0.211 e. The lowest BCUT2D eigenvalue weighted by molar-refractivity contribution is -0.108. The van der Waals surface area contributed by atoms with E-state index in [2.05, 4.69) is 49.6 Å². The number of amides is 1. The molecule has 1 fully saturated rings. The molecule has 222 valence electrons. The third-order valence-corrected chi connectivity index (χ3v) is 6.82. The van der Waals surface area contributed by atoms with Gasteiger partial charge in [0.15, 0.2) is 6.29 Å². The molecule has 0 atom stereocenters. The molecule has 6 nitrogen and oxygen atoms in total. The second-order valence-electron chi connectivity index (χ2n) is 9.19. The molecule has 0 aromatic carbocycles. The van der Waals surface area contributed by atoms with E-state index >= 15 is 0 Å². The van der Waals surface area contributed by atoms with Crippen LogP contribution in [0.25, 0.3) is 22.9 Å². The van der Waals surface area contributed by atoms with E-state index in [1.807, 2.05) is 51.4 Å². The Kier molecular flexibility index (Phi) is 20.1. The van der Waals surface area contributed by atoms with E-state index in [4.69, 9.17) is 4.74 Å². The average Bonchev–Trinajstić information content (AvgIpc) is 3.41. The fourth-order valence-electron chi connectivity index (χ4n) is 3.43. The van der Waals surface area contributed by atoms with E-state index in [1.165, 1.54) is 56.1 Å². The summed E-state index contributed by atoms with van der Waals surface area (Å²) >= 11 is 1.50. The number of allylic oxidation sites excluding steroid dienone is 5. The Balaban J connectivity index is 0.000000837. The molecular formula is C33H51N3O3S. The fourth-order valence-corrected chi connectivity index (χ4v) is 4.23. The summed E-state index contributed by atoms with van der Waals surface area (Å²) in [6, 6.07) is 0. The number of rotatable bonds is 13. The number of hydrogen-bond acceptors (Lipinski definition) is 5. The molecule has 0 unspecified atom stereocenters. The van der Waals surface area contributed by atoms with Gasteiger partial charge in [-0.1, -0.05) is 79.2 Å². The van der Waals surface area contributed by atoms with Crippen LogP contribution in [0, 0.1) is 6.92 Å². The molecule has 0 bridgehead atoms. The van der Waals surface area contributed by atoms with Crippen LogP contribution < -0.4 is 5.32 Å². The van der Waals surface area contributed by atoms with E-state index in [-0.39, 0.29) is 0 Å². The topological polar surface area (TPSA) is 84.1 Å². The molecule has 0 radical (unpaired) electrons. The highest BCUT2D eigenvalue weighted by molar-refractivity contribution is 7.11. The molecule has 2 aromatic heterocycles. The second kappa shape index (κ2) is 21.8. The Labute approximate surface area is 246 Å². The van der Waals surface area contributed by atoms with Crippen LogP contribution in [-0.2, 0) is 14.3 Å². The maximum atomic E-state index is 11.0. The number of aldehydes is 1. The van der Waals surface area contributed by atoms with Crippen molar-refractivity contribution in [1.29, 1.82) is 0 Å². The van der Waals surface area contributed by atoms with Crippen LogP contribution in [-0.4, -0.2) is 34.9 Å². The van der Waals surface area contributed by atoms with Crippen molar-refractivity contribution >= 4 is 35.7 Å². The third-order valence-electron chi connectivity index (χ3n) is 5.84. The van der Waals surface area contributed by atoms with Crippen molar-refractivity contribution in [2.75, 3.05) is 6.61 Å². The van der Waals surface area contributed by atoms with Gasteiger partial charge in [0.2, 0.25) is 6.41 Å². The van der Waals surface area contributed by atoms with Gasteiger partial charge in [-0.3, -0.25) is 9.59 Å². The molecule has 1 amide bonds. The molecule has 1 aliphatic carbocycles. The Bertz CT molecular complexity index is 1090. The maximum absolute atomic E-state index is 11.0. The molecule has 0 saturated heterocycles. The van der Waals surface area contributed by atoms with Gasteiger partial charge >= 0.3 is 0 Å². The Morgan fingerprint density at radius 1 is 1.23 bits per heavy atom. The van der Waals surface area contributed by atoms with Gasteiger partial charge in [-0.2, -0.15) is 0 Å². The summed E-state index contributed by atoms with van der Waals surface area (Å²) in [4.78, 5) is 29.3. The third kappa shape index (κ3) is 13.4. The highest BCUT2D eigenvalue weighted by atomic mass is 32.1. The van der Waals surface area contributed by atoms with Crippen LogP contribution in [0.15, 0.2) is 48.2 Å². The lowest BCUT2D eigenvalue weighted by Gasteiger charge is -2.12. The monoisotopic (exact) mass is 569 g/mol. The molecule has 2 aromatic rings. The molecule has 40 heavy (non-hydrogen) atoms. The number of unbranched alkanes of at least 4 members (excludes halogenated alkanes) is 1. The first kappa shape index (κ1) is 37.0. The number of aromatic amines is 1. The van der Waals surface area contributed by atoms with Crippen molar-refractivity contribution in [3.05, 3.63) is 64.4 Å². The molecular weight excluding hydrogens is 518 g/mol. The van der Waals surface area contributed by atoms with E-state index in [9.17, 15) is 9.59 Å². The average molecular weight is 570 g/mol. The number of ether oxygens (including phenoxy) is 1. The summed E-state index contributed by atoms with van der Waals surface area (Å²) in [5.41, 5.74) is 5.56. The van der Waals surface area contributed by atoms with Crippen molar-refractivity contribution in [3.63, 3.8) is 0 Å². The summed E-state index contributed by atoms with van der Waals surface area (Å²) in [6.07, 6.45) is 19.3. The number of thiazole rings is 1. The first-order valence-electron chi connectivity index (χ1n) is 14.5. The summed E-state index contributed by atoms with van der Waals surface area (Å²) in [6.45, 7) is 21.2. The van der Waals surface area contributed by atoms with Gasteiger partial charge in [0.05, 0.1) is 11.3 Å². The van der Waals surface area contributed by atoms with Gasteiger partial charge in [-0.25, -0.2) is 4.98 Å². The first-order chi connectivity index (χ1) is 19.3. The molecule has 0 spiro atoms. The van der Waals surface area contributed by atoms with Crippen LogP contribution >= 0.6 is 11.3 Å². The molecule has 1 aliphatic rings. The summed E-state index contributed by atoms with van der Waals surface area (Å²) in [7, 11) is 0. The van der Waals surface area contributed by atoms with Gasteiger partial charge in [0.1, 0.15) is 5.01 Å². The van der Waals surface area contributed by atoms with Crippen molar-refractivity contribution in [2.24, 2.45) is 0 Å². The van der Waals surface area contributed by atoms with E-state index in [1.54, 1.807) is 12.2 Å². The van der Waals surface area contributed by atoms with Crippen LogP contribution in [0.2, 0.25) is 0 Å². The van der Waals surface area contributed by atoms with Gasteiger partial charge < -0.3 is 15.0 Å². The predicted octanol–water partition coefficient (Wildman–Crippen LogP) is 9.07. The fraction of sp³-hybridized carbons (Fsp3) is 0.485. The van der Waals surface area contributed by atoms with Gasteiger partial charge in [0, 0.05) is 46.8 Å². The van der Waals surface area contributed by atoms with Gasteiger partial charge in [0.25, 0.3) is 0 Å². The minimum atomic E-state index is 0.342. The summed E-state index contributed by atoms with van der Waals surface area (Å²) in [5, 5.41) is 5.15. The van der Waals surface area contributed by atoms with Gasteiger partial charge in [-0.15, -0.1) is 11.3 Å². The van der Waals surface area contributed by atoms with Crippen molar-refractivity contribution in [3.8, 4) is 11.3 Å².